The minimum Gasteiger partial charge on any atom is -0.465 e. The summed E-state index contributed by atoms with van der Waals surface area (Å²) in [7, 11) is 2.96. The van der Waals surface area contributed by atoms with Gasteiger partial charge in [0.25, 0.3) is 5.91 Å². The Morgan fingerprint density at radius 1 is 1.25 bits per heavy atom. The number of rotatable bonds is 3. The van der Waals surface area contributed by atoms with Crippen molar-refractivity contribution in [3.05, 3.63) is 53.4 Å². The molecular weight excluding hydrogens is 310 g/mol. The maximum Gasteiger partial charge on any atom is 0.337 e. The van der Waals surface area contributed by atoms with Crippen LogP contribution in [0.2, 0.25) is 0 Å². The average molecular weight is 325 g/mol. The topological polar surface area (TPSA) is 95.6 Å². The van der Waals surface area contributed by atoms with Gasteiger partial charge < -0.3 is 14.1 Å². The minimum atomic E-state index is -0.399. The highest BCUT2D eigenvalue weighted by Gasteiger charge is 2.27. The number of carbonyl (C=O) groups is 2. The fraction of sp³-hybridized carbons (Fsp3) is 0.118. The van der Waals surface area contributed by atoms with E-state index in [4.69, 9.17) is 9.83 Å². The van der Waals surface area contributed by atoms with E-state index in [0.29, 0.717) is 22.8 Å². The summed E-state index contributed by atoms with van der Waals surface area (Å²) < 4.78 is 10.4. The molecule has 2 aromatic rings. The third-order valence-electron chi connectivity index (χ3n) is 3.66. The van der Waals surface area contributed by atoms with Crippen molar-refractivity contribution in [2.24, 2.45) is 0 Å². The molecule has 1 aliphatic rings. The summed E-state index contributed by atoms with van der Waals surface area (Å²) in [4.78, 5) is 24.6. The zero-order chi connectivity index (χ0) is 17.3. The van der Waals surface area contributed by atoms with Crippen LogP contribution in [0.25, 0.3) is 17.4 Å². The Bertz CT molecular complexity index is 849. The van der Waals surface area contributed by atoms with E-state index < -0.39 is 5.97 Å². The molecule has 1 aromatic heterocycles. The number of nitrogens with one attached hydrogen (secondary N) is 2. The Labute approximate surface area is 138 Å². The van der Waals surface area contributed by atoms with Gasteiger partial charge in [0.1, 0.15) is 17.2 Å². The fourth-order valence-electron chi connectivity index (χ4n) is 2.30. The second-order valence-electron chi connectivity index (χ2n) is 5.16. The second kappa shape index (κ2) is 6.04. The van der Waals surface area contributed by atoms with Crippen LogP contribution in [0.4, 0.5) is 0 Å². The first-order chi connectivity index (χ1) is 11.5. The van der Waals surface area contributed by atoms with Crippen molar-refractivity contribution in [1.29, 1.82) is 5.41 Å². The van der Waals surface area contributed by atoms with E-state index in [1.165, 1.54) is 12.0 Å². The number of nitrogens with zero attached hydrogens (tertiary/aromatic N) is 1. The van der Waals surface area contributed by atoms with Gasteiger partial charge in [-0.2, -0.15) is 0 Å². The van der Waals surface area contributed by atoms with E-state index in [1.807, 2.05) is 0 Å². The SMILES string of the molecule is COC(=O)c1ccc(-c2ccc(/C=C3\C(=O)NC(=N)N3C)o2)cc1. The molecule has 3 rings (SSSR count). The van der Waals surface area contributed by atoms with Gasteiger partial charge in [0.05, 0.1) is 12.7 Å². The first-order valence-corrected chi connectivity index (χ1v) is 7.13. The maximum absolute atomic E-state index is 11.8. The first-order valence-electron chi connectivity index (χ1n) is 7.13. The second-order valence-corrected chi connectivity index (χ2v) is 5.16. The van der Waals surface area contributed by atoms with Crippen molar-refractivity contribution in [2.45, 2.75) is 0 Å². The van der Waals surface area contributed by atoms with Crippen molar-refractivity contribution in [1.82, 2.24) is 10.2 Å². The van der Waals surface area contributed by atoms with E-state index >= 15 is 0 Å². The number of carbonyl (C=O) groups excluding carboxylic acids is 2. The third-order valence-corrected chi connectivity index (χ3v) is 3.66. The van der Waals surface area contributed by atoms with Gasteiger partial charge in [-0.15, -0.1) is 0 Å². The number of ether oxygens (including phenoxy) is 1. The van der Waals surface area contributed by atoms with E-state index in [-0.39, 0.29) is 11.9 Å². The maximum atomic E-state index is 11.8. The first kappa shape index (κ1) is 15.5. The zero-order valence-corrected chi connectivity index (χ0v) is 13.1. The molecular formula is C17H15N3O4. The highest BCUT2D eigenvalue weighted by molar-refractivity contribution is 6.14. The number of likely N-dealkylation sites (N-methyl/N-ethyl adjacent to an activating group) is 1. The molecule has 2 heterocycles. The number of benzene rings is 1. The van der Waals surface area contributed by atoms with Gasteiger partial charge in [0, 0.05) is 18.7 Å². The monoisotopic (exact) mass is 325 g/mol. The van der Waals surface area contributed by atoms with Gasteiger partial charge in [-0.05, 0) is 24.3 Å². The third kappa shape index (κ3) is 2.79. The number of guanidine groups is 1. The number of hydrogen-bond acceptors (Lipinski definition) is 5. The Hall–Kier alpha value is -3.35. The molecule has 24 heavy (non-hydrogen) atoms. The summed E-state index contributed by atoms with van der Waals surface area (Å²) in [6.45, 7) is 0. The Morgan fingerprint density at radius 2 is 1.96 bits per heavy atom. The predicted molar refractivity (Wildman–Crippen MR) is 87.1 cm³/mol. The van der Waals surface area contributed by atoms with Crippen molar-refractivity contribution >= 4 is 23.9 Å². The summed E-state index contributed by atoms with van der Waals surface area (Å²) >= 11 is 0. The van der Waals surface area contributed by atoms with Crippen LogP contribution in [-0.2, 0) is 9.53 Å². The molecule has 1 aliphatic heterocycles. The van der Waals surface area contributed by atoms with Crippen LogP contribution < -0.4 is 5.32 Å². The molecule has 0 atom stereocenters. The van der Waals surface area contributed by atoms with Crippen LogP contribution in [0.3, 0.4) is 0 Å². The molecule has 1 fully saturated rings. The molecule has 0 radical (unpaired) electrons. The number of furan rings is 1. The van der Waals surface area contributed by atoms with E-state index in [0.717, 1.165) is 5.56 Å². The average Bonchev–Trinajstić information content (AvgIpc) is 3.15. The molecule has 1 amide bonds. The van der Waals surface area contributed by atoms with E-state index in [2.05, 4.69) is 10.1 Å². The summed E-state index contributed by atoms with van der Waals surface area (Å²) in [5.41, 5.74) is 1.59. The van der Waals surface area contributed by atoms with Crippen molar-refractivity contribution in [2.75, 3.05) is 14.2 Å². The molecule has 7 heteroatoms. The van der Waals surface area contributed by atoms with Crippen LogP contribution in [-0.4, -0.2) is 36.9 Å². The standard InChI is InChI=1S/C17H15N3O4/c1-20-13(15(21)19-17(20)18)9-12-7-8-14(24-12)10-3-5-11(6-4-10)16(22)23-2/h3-9H,1-2H3,(H2,18,19,21)/b13-9+. The Kier molecular flexibility index (Phi) is 3.91. The lowest BCUT2D eigenvalue weighted by Gasteiger charge is -2.07. The van der Waals surface area contributed by atoms with Crippen LogP contribution in [0.15, 0.2) is 46.5 Å². The molecule has 0 unspecified atom stereocenters. The van der Waals surface area contributed by atoms with Gasteiger partial charge in [-0.1, -0.05) is 12.1 Å². The van der Waals surface area contributed by atoms with Crippen LogP contribution in [0, 0.1) is 5.41 Å². The van der Waals surface area contributed by atoms with Gasteiger partial charge >= 0.3 is 5.97 Å². The smallest absolute Gasteiger partial charge is 0.337 e. The predicted octanol–water partition coefficient (Wildman–Crippen LogP) is 2.07. The van der Waals surface area contributed by atoms with E-state index in [1.54, 1.807) is 49.5 Å². The quantitative estimate of drug-likeness (QED) is 0.665. The molecule has 2 N–H and O–H groups in total. The number of methoxy groups -OCH3 is 1. The number of amides is 1. The van der Waals surface area contributed by atoms with Crippen molar-refractivity contribution in [3.63, 3.8) is 0 Å². The molecule has 0 bridgehead atoms. The van der Waals surface area contributed by atoms with Gasteiger partial charge in [0.15, 0.2) is 0 Å². The molecule has 1 saturated heterocycles. The highest BCUT2D eigenvalue weighted by atomic mass is 16.5. The fourth-order valence-corrected chi connectivity index (χ4v) is 2.30. The Morgan fingerprint density at radius 3 is 2.54 bits per heavy atom. The Balaban J connectivity index is 1.85. The lowest BCUT2D eigenvalue weighted by molar-refractivity contribution is -0.115. The molecule has 122 valence electrons. The van der Waals surface area contributed by atoms with E-state index in [9.17, 15) is 9.59 Å². The van der Waals surface area contributed by atoms with Crippen LogP contribution in [0.5, 0.6) is 0 Å². The van der Waals surface area contributed by atoms with Gasteiger partial charge in [-0.3, -0.25) is 15.5 Å². The summed E-state index contributed by atoms with van der Waals surface area (Å²) in [6.07, 6.45) is 1.57. The van der Waals surface area contributed by atoms with Crippen molar-refractivity contribution in [3.8, 4) is 11.3 Å². The molecule has 0 spiro atoms. The minimum absolute atomic E-state index is 0.0245. The molecule has 1 aromatic carbocycles. The molecule has 0 saturated carbocycles. The summed E-state index contributed by atoms with van der Waals surface area (Å²) in [6, 6.07) is 10.3. The normalized spacial score (nSPS) is 15.8. The molecule has 0 aliphatic carbocycles. The zero-order valence-electron chi connectivity index (χ0n) is 13.1. The summed E-state index contributed by atoms with van der Waals surface area (Å²) in [5, 5.41) is 9.99. The lowest BCUT2D eigenvalue weighted by Crippen LogP contribution is -2.25. The molecule has 7 nitrogen and oxygen atoms in total. The van der Waals surface area contributed by atoms with Crippen LogP contribution in [0.1, 0.15) is 16.1 Å². The number of esters is 1. The van der Waals surface area contributed by atoms with Crippen molar-refractivity contribution < 1.29 is 18.7 Å². The summed E-state index contributed by atoms with van der Waals surface area (Å²) in [5.74, 6) is 0.381. The van der Waals surface area contributed by atoms with Gasteiger partial charge in [0.2, 0.25) is 5.96 Å². The number of hydrogen-bond donors (Lipinski definition) is 2. The highest BCUT2D eigenvalue weighted by Crippen LogP contribution is 2.25. The van der Waals surface area contributed by atoms with Gasteiger partial charge in [-0.25, -0.2) is 4.79 Å². The van der Waals surface area contributed by atoms with Crippen LogP contribution >= 0.6 is 0 Å². The largest absolute Gasteiger partial charge is 0.465 e. The lowest BCUT2D eigenvalue weighted by atomic mass is 10.1.